The molecular weight excluding hydrogens is 298 g/mol. The average Bonchev–Trinajstić information content (AvgIpc) is 3.23. The van der Waals surface area contributed by atoms with E-state index in [1.165, 1.54) is 16.5 Å². The number of aromatic amines is 1. The van der Waals surface area contributed by atoms with Gasteiger partial charge >= 0.3 is 0 Å². The highest BCUT2D eigenvalue weighted by Crippen LogP contribution is 2.20. The molecule has 4 rings (SSSR count). The molecule has 0 bridgehead atoms. The molecule has 0 unspecified atom stereocenters. The molecule has 0 saturated heterocycles. The second-order valence-electron chi connectivity index (χ2n) is 6.01. The Morgan fingerprint density at radius 2 is 1.88 bits per heavy atom. The minimum atomic E-state index is 0.651. The van der Waals surface area contributed by atoms with Crippen molar-refractivity contribution in [1.29, 1.82) is 0 Å². The summed E-state index contributed by atoms with van der Waals surface area (Å²) >= 11 is 0. The van der Waals surface area contributed by atoms with Crippen molar-refractivity contribution >= 4 is 10.9 Å². The predicted molar refractivity (Wildman–Crippen MR) is 95.5 cm³/mol. The van der Waals surface area contributed by atoms with Crippen LogP contribution in [-0.4, -0.2) is 10.1 Å². The lowest BCUT2D eigenvalue weighted by atomic mass is 10.1. The maximum absolute atomic E-state index is 5.44. The summed E-state index contributed by atoms with van der Waals surface area (Å²) in [7, 11) is 0. The van der Waals surface area contributed by atoms with Crippen molar-refractivity contribution in [3.05, 3.63) is 77.7 Å². The van der Waals surface area contributed by atoms with Crippen molar-refractivity contribution in [2.24, 2.45) is 0 Å². The van der Waals surface area contributed by atoms with E-state index in [-0.39, 0.29) is 0 Å². The monoisotopic (exact) mass is 317 g/mol. The minimum absolute atomic E-state index is 0.651. The lowest BCUT2D eigenvalue weighted by molar-refractivity contribution is 0.374. The van der Waals surface area contributed by atoms with E-state index in [0.717, 1.165) is 29.1 Å². The zero-order valence-corrected chi connectivity index (χ0v) is 13.5. The van der Waals surface area contributed by atoms with Gasteiger partial charge in [-0.3, -0.25) is 0 Å². The van der Waals surface area contributed by atoms with Crippen molar-refractivity contribution in [2.75, 3.05) is 0 Å². The Labute approximate surface area is 140 Å². The second kappa shape index (κ2) is 6.34. The number of hydrogen-bond acceptors (Lipinski definition) is 3. The summed E-state index contributed by atoms with van der Waals surface area (Å²) in [6.07, 6.45) is 2.05. The zero-order valence-electron chi connectivity index (χ0n) is 13.5. The van der Waals surface area contributed by atoms with E-state index in [9.17, 15) is 0 Å². The van der Waals surface area contributed by atoms with Crippen LogP contribution in [0.1, 0.15) is 16.9 Å². The molecule has 0 fully saturated rings. The van der Waals surface area contributed by atoms with Gasteiger partial charge in [-0.05, 0) is 18.6 Å². The van der Waals surface area contributed by atoms with Crippen molar-refractivity contribution in [2.45, 2.75) is 20.0 Å². The number of fused-ring (bicyclic) bond motifs is 1. The highest BCUT2D eigenvalue weighted by atomic mass is 16.5. The number of para-hydroxylation sites is 1. The Balaban J connectivity index is 1.41. The molecule has 0 spiro atoms. The Morgan fingerprint density at radius 3 is 2.75 bits per heavy atom. The molecule has 0 saturated carbocycles. The van der Waals surface area contributed by atoms with E-state index in [4.69, 9.17) is 4.52 Å². The van der Waals surface area contributed by atoms with Gasteiger partial charge in [-0.1, -0.05) is 53.2 Å². The average molecular weight is 317 g/mol. The summed E-state index contributed by atoms with van der Waals surface area (Å²) in [4.78, 5) is 3.29. The Bertz CT molecular complexity index is 950. The third kappa shape index (κ3) is 2.96. The van der Waals surface area contributed by atoms with Crippen molar-refractivity contribution < 1.29 is 4.52 Å². The van der Waals surface area contributed by atoms with Crippen molar-refractivity contribution in [3.8, 4) is 11.3 Å². The van der Waals surface area contributed by atoms with Crippen LogP contribution in [0.4, 0.5) is 0 Å². The topological polar surface area (TPSA) is 53.9 Å². The van der Waals surface area contributed by atoms with Crippen LogP contribution in [0.3, 0.4) is 0 Å². The Kier molecular flexibility index (Phi) is 3.89. The number of benzene rings is 2. The van der Waals surface area contributed by atoms with Gasteiger partial charge in [0.15, 0.2) is 5.76 Å². The van der Waals surface area contributed by atoms with E-state index >= 15 is 0 Å². The number of aryl methyl sites for hydroxylation is 1. The first-order valence-corrected chi connectivity index (χ1v) is 8.08. The number of rotatable bonds is 5. The summed E-state index contributed by atoms with van der Waals surface area (Å²) in [5.41, 5.74) is 5.61. The van der Waals surface area contributed by atoms with Crippen LogP contribution in [-0.2, 0) is 13.1 Å². The Hall–Kier alpha value is -2.85. The molecule has 2 aromatic carbocycles. The molecule has 0 radical (unpaired) electrons. The molecule has 2 aromatic heterocycles. The second-order valence-corrected chi connectivity index (χ2v) is 6.01. The first kappa shape index (κ1) is 14.7. The normalized spacial score (nSPS) is 11.2. The standard InChI is InChI=1S/C20H19N3O/c1-14-6-8-15(9-7-14)20-10-17(24-23-20)13-21-11-16-12-22-19-5-3-2-4-18(16)19/h2-10,12,21-22H,11,13H2,1H3. The van der Waals surface area contributed by atoms with Gasteiger partial charge < -0.3 is 14.8 Å². The molecule has 4 nitrogen and oxygen atoms in total. The lowest BCUT2D eigenvalue weighted by Gasteiger charge is -2.00. The van der Waals surface area contributed by atoms with Gasteiger partial charge in [0.2, 0.25) is 0 Å². The number of nitrogens with zero attached hydrogens (tertiary/aromatic N) is 1. The first-order valence-electron chi connectivity index (χ1n) is 8.08. The third-order valence-corrected chi connectivity index (χ3v) is 4.20. The molecule has 24 heavy (non-hydrogen) atoms. The van der Waals surface area contributed by atoms with Crippen molar-refractivity contribution in [1.82, 2.24) is 15.5 Å². The maximum Gasteiger partial charge on any atom is 0.151 e. The zero-order chi connectivity index (χ0) is 16.4. The predicted octanol–water partition coefficient (Wildman–Crippen LogP) is 4.42. The van der Waals surface area contributed by atoms with E-state index in [0.29, 0.717) is 6.54 Å². The molecular formula is C20H19N3O. The van der Waals surface area contributed by atoms with Crippen LogP contribution in [0.25, 0.3) is 22.2 Å². The number of nitrogens with one attached hydrogen (secondary N) is 2. The van der Waals surface area contributed by atoms with Crippen molar-refractivity contribution in [3.63, 3.8) is 0 Å². The van der Waals surface area contributed by atoms with Gasteiger partial charge in [0.25, 0.3) is 0 Å². The Morgan fingerprint density at radius 1 is 1.04 bits per heavy atom. The SMILES string of the molecule is Cc1ccc(-c2cc(CNCc3c[nH]c4ccccc34)on2)cc1. The van der Waals surface area contributed by atoms with Crippen LogP contribution in [0.2, 0.25) is 0 Å². The summed E-state index contributed by atoms with van der Waals surface area (Å²) in [5.74, 6) is 0.838. The first-order chi connectivity index (χ1) is 11.8. The highest BCUT2D eigenvalue weighted by Gasteiger charge is 2.07. The molecule has 120 valence electrons. The summed E-state index contributed by atoms with van der Waals surface area (Å²) in [5, 5.41) is 8.83. The molecule has 4 aromatic rings. The molecule has 2 N–H and O–H groups in total. The van der Waals surface area contributed by atoms with E-state index in [1.54, 1.807) is 0 Å². The largest absolute Gasteiger partial charge is 0.361 e. The molecule has 0 amide bonds. The van der Waals surface area contributed by atoms with Crippen LogP contribution in [0, 0.1) is 6.92 Å². The molecule has 2 heterocycles. The van der Waals surface area contributed by atoms with Gasteiger partial charge in [-0.25, -0.2) is 0 Å². The quantitative estimate of drug-likeness (QED) is 0.573. The summed E-state index contributed by atoms with van der Waals surface area (Å²) < 4.78 is 5.44. The van der Waals surface area contributed by atoms with Crippen LogP contribution in [0.5, 0.6) is 0 Å². The molecule has 4 heteroatoms. The van der Waals surface area contributed by atoms with Gasteiger partial charge in [0.05, 0.1) is 6.54 Å². The summed E-state index contributed by atoms with van der Waals surface area (Å²) in [6, 6.07) is 18.6. The van der Waals surface area contributed by atoms with Crippen LogP contribution < -0.4 is 5.32 Å². The van der Waals surface area contributed by atoms with Gasteiger partial charge in [-0.15, -0.1) is 0 Å². The van der Waals surface area contributed by atoms with Crippen LogP contribution >= 0.6 is 0 Å². The molecule has 0 aliphatic carbocycles. The van der Waals surface area contributed by atoms with E-state index < -0.39 is 0 Å². The smallest absolute Gasteiger partial charge is 0.151 e. The number of hydrogen-bond donors (Lipinski definition) is 2. The summed E-state index contributed by atoms with van der Waals surface area (Å²) in [6.45, 7) is 3.51. The lowest BCUT2D eigenvalue weighted by Crippen LogP contribution is -2.11. The van der Waals surface area contributed by atoms with Gasteiger partial charge in [0.1, 0.15) is 5.69 Å². The van der Waals surface area contributed by atoms with Gasteiger partial charge in [-0.2, -0.15) is 0 Å². The molecule has 0 atom stereocenters. The van der Waals surface area contributed by atoms with E-state index in [2.05, 4.69) is 71.0 Å². The fourth-order valence-corrected chi connectivity index (χ4v) is 2.85. The third-order valence-electron chi connectivity index (χ3n) is 4.20. The maximum atomic E-state index is 5.44. The fraction of sp³-hybridized carbons (Fsp3) is 0.150. The number of aromatic nitrogens is 2. The fourth-order valence-electron chi connectivity index (χ4n) is 2.85. The number of H-pyrrole nitrogens is 1. The van der Waals surface area contributed by atoms with E-state index in [1.807, 2.05) is 12.1 Å². The molecule has 0 aliphatic heterocycles. The van der Waals surface area contributed by atoms with Crippen LogP contribution in [0.15, 0.2) is 65.3 Å². The molecule has 0 aliphatic rings. The highest BCUT2D eigenvalue weighted by molar-refractivity contribution is 5.82. The minimum Gasteiger partial charge on any atom is -0.361 e. The van der Waals surface area contributed by atoms with Gasteiger partial charge in [0, 0.05) is 35.3 Å².